The minimum Gasteiger partial charge on any atom is -0.379 e. The second kappa shape index (κ2) is 6.36. The van der Waals surface area contributed by atoms with Crippen LogP contribution in [0.15, 0.2) is 18.2 Å². The molecule has 0 bridgehead atoms. The lowest BCUT2D eigenvalue weighted by Crippen LogP contribution is -2.41. The minimum atomic E-state index is -0.434. The fourth-order valence-electron chi connectivity index (χ4n) is 1.74. The van der Waals surface area contributed by atoms with Gasteiger partial charge in [-0.25, -0.2) is 0 Å². The van der Waals surface area contributed by atoms with Gasteiger partial charge in [-0.1, -0.05) is 6.07 Å². The molecule has 1 rings (SSSR count). The molecule has 0 aliphatic carbocycles. The molecule has 0 aliphatic rings. The van der Waals surface area contributed by atoms with Crippen LogP contribution < -0.4 is 10.6 Å². The average molecular weight is 279 g/mol. The summed E-state index contributed by atoms with van der Waals surface area (Å²) in [5, 5.41) is 16.7. The standard InChI is InChI=1S/C14H21N3O3/c1-10-5-6-12(17(19)20)11(9-10)15-8-7-13(18)16-14(2,3)4/h5-6,9,15H,7-8H2,1-4H3,(H,16,18). The van der Waals surface area contributed by atoms with Crippen molar-refractivity contribution < 1.29 is 9.72 Å². The Labute approximate surface area is 118 Å². The van der Waals surface area contributed by atoms with E-state index in [1.165, 1.54) is 6.07 Å². The van der Waals surface area contributed by atoms with Crippen LogP contribution in [0.25, 0.3) is 0 Å². The third kappa shape index (κ3) is 5.26. The van der Waals surface area contributed by atoms with Crippen LogP contribution in [-0.2, 0) is 4.79 Å². The van der Waals surface area contributed by atoms with E-state index in [-0.39, 0.29) is 23.6 Å². The number of aryl methyl sites for hydroxylation is 1. The molecule has 0 saturated heterocycles. The molecule has 0 spiro atoms. The van der Waals surface area contributed by atoms with Crippen molar-refractivity contribution in [1.29, 1.82) is 0 Å². The fraction of sp³-hybridized carbons (Fsp3) is 0.500. The summed E-state index contributed by atoms with van der Waals surface area (Å²) in [5.41, 5.74) is 1.12. The van der Waals surface area contributed by atoms with Gasteiger partial charge in [-0.15, -0.1) is 0 Å². The Morgan fingerprint density at radius 2 is 2.00 bits per heavy atom. The highest BCUT2D eigenvalue weighted by atomic mass is 16.6. The van der Waals surface area contributed by atoms with E-state index in [2.05, 4.69) is 10.6 Å². The molecule has 1 aromatic carbocycles. The van der Waals surface area contributed by atoms with E-state index in [1.807, 2.05) is 27.7 Å². The Bertz CT molecular complexity index is 507. The molecular weight excluding hydrogens is 258 g/mol. The normalized spacial score (nSPS) is 11.0. The zero-order valence-corrected chi connectivity index (χ0v) is 12.3. The number of hydrogen-bond acceptors (Lipinski definition) is 4. The van der Waals surface area contributed by atoms with Gasteiger partial charge in [0.15, 0.2) is 0 Å². The number of nitro benzene ring substituents is 1. The first-order valence-corrected chi connectivity index (χ1v) is 6.49. The lowest BCUT2D eigenvalue weighted by Gasteiger charge is -2.20. The van der Waals surface area contributed by atoms with Crippen molar-refractivity contribution in [2.75, 3.05) is 11.9 Å². The molecule has 1 amide bonds. The van der Waals surface area contributed by atoms with E-state index in [9.17, 15) is 14.9 Å². The second-order valence-corrected chi connectivity index (χ2v) is 5.75. The SMILES string of the molecule is Cc1ccc([N+](=O)[O-])c(NCCC(=O)NC(C)(C)C)c1. The predicted molar refractivity (Wildman–Crippen MR) is 78.8 cm³/mol. The number of carbonyl (C=O) groups excluding carboxylic acids is 1. The molecule has 110 valence electrons. The van der Waals surface area contributed by atoms with E-state index in [4.69, 9.17) is 0 Å². The molecule has 0 fully saturated rings. The summed E-state index contributed by atoms with van der Waals surface area (Å²) in [5.74, 6) is -0.0830. The van der Waals surface area contributed by atoms with Gasteiger partial charge in [0.25, 0.3) is 5.69 Å². The first kappa shape index (κ1) is 15.9. The Morgan fingerprint density at radius 1 is 1.35 bits per heavy atom. The van der Waals surface area contributed by atoms with Gasteiger partial charge in [-0.3, -0.25) is 14.9 Å². The average Bonchev–Trinajstić information content (AvgIpc) is 2.26. The number of benzene rings is 1. The maximum absolute atomic E-state index is 11.6. The summed E-state index contributed by atoms with van der Waals surface area (Å²) in [6.45, 7) is 7.94. The van der Waals surface area contributed by atoms with Crippen LogP contribution >= 0.6 is 0 Å². The van der Waals surface area contributed by atoms with Crippen molar-refractivity contribution in [3.63, 3.8) is 0 Å². The number of nitrogens with one attached hydrogen (secondary N) is 2. The zero-order chi connectivity index (χ0) is 15.3. The molecule has 6 heteroatoms. The minimum absolute atomic E-state index is 0.0202. The van der Waals surface area contributed by atoms with E-state index in [1.54, 1.807) is 12.1 Å². The topological polar surface area (TPSA) is 84.3 Å². The maximum atomic E-state index is 11.6. The van der Waals surface area contributed by atoms with Crippen molar-refractivity contribution in [3.05, 3.63) is 33.9 Å². The second-order valence-electron chi connectivity index (χ2n) is 5.75. The van der Waals surface area contributed by atoms with Crippen LogP contribution in [0, 0.1) is 17.0 Å². The first-order valence-electron chi connectivity index (χ1n) is 6.49. The van der Waals surface area contributed by atoms with Gasteiger partial charge < -0.3 is 10.6 Å². The quantitative estimate of drug-likeness (QED) is 0.641. The summed E-state index contributed by atoms with van der Waals surface area (Å²) in [6.07, 6.45) is 0.266. The van der Waals surface area contributed by atoms with Crippen LogP contribution in [0.3, 0.4) is 0 Å². The third-order valence-electron chi connectivity index (χ3n) is 2.53. The van der Waals surface area contributed by atoms with Crippen LogP contribution in [-0.4, -0.2) is 22.9 Å². The van der Waals surface area contributed by atoms with Gasteiger partial charge in [-0.05, 0) is 39.3 Å². The van der Waals surface area contributed by atoms with Gasteiger partial charge in [0.1, 0.15) is 5.69 Å². The first-order chi connectivity index (χ1) is 9.19. The number of nitro groups is 1. The molecule has 0 saturated carbocycles. The molecular formula is C14H21N3O3. The van der Waals surface area contributed by atoms with Gasteiger partial charge in [0.05, 0.1) is 4.92 Å². The molecule has 20 heavy (non-hydrogen) atoms. The van der Waals surface area contributed by atoms with E-state index in [0.717, 1.165) is 5.56 Å². The zero-order valence-electron chi connectivity index (χ0n) is 12.3. The van der Waals surface area contributed by atoms with E-state index in [0.29, 0.717) is 12.2 Å². The molecule has 2 N–H and O–H groups in total. The Hall–Kier alpha value is -2.11. The molecule has 0 heterocycles. The Morgan fingerprint density at radius 3 is 2.55 bits per heavy atom. The van der Waals surface area contributed by atoms with E-state index >= 15 is 0 Å². The molecule has 0 atom stereocenters. The number of rotatable bonds is 5. The van der Waals surface area contributed by atoms with E-state index < -0.39 is 4.92 Å². The summed E-state index contributed by atoms with van der Waals surface area (Å²) >= 11 is 0. The third-order valence-corrected chi connectivity index (χ3v) is 2.53. The van der Waals surface area contributed by atoms with Crippen molar-refractivity contribution in [2.45, 2.75) is 39.7 Å². The number of nitrogens with zero attached hydrogens (tertiary/aromatic N) is 1. The highest BCUT2D eigenvalue weighted by molar-refractivity contribution is 5.77. The number of hydrogen-bond donors (Lipinski definition) is 2. The maximum Gasteiger partial charge on any atom is 0.292 e. The number of carbonyl (C=O) groups is 1. The summed E-state index contributed by atoms with van der Waals surface area (Å²) in [7, 11) is 0. The molecule has 0 radical (unpaired) electrons. The molecule has 1 aromatic rings. The highest BCUT2D eigenvalue weighted by Crippen LogP contribution is 2.24. The van der Waals surface area contributed by atoms with Crippen molar-refractivity contribution in [1.82, 2.24) is 5.32 Å². The molecule has 0 aliphatic heterocycles. The number of anilines is 1. The largest absolute Gasteiger partial charge is 0.379 e. The summed E-state index contributed by atoms with van der Waals surface area (Å²) in [6, 6.07) is 4.86. The summed E-state index contributed by atoms with van der Waals surface area (Å²) in [4.78, 5) is 22.1. The highest BCUT2D eigenvalue weighted by Gasteiger charge is 2.15. The van der Waals surface area contributed by atoms with Crippen molar-refractivity contribution in [3.8, 4) is 0 Å². The molecule has 0 aromatic heterocycles. The predicted octanol–water partition coefficient (Wildman–Crippen LogP) is 2.62. The van der Waals surface area contributed by atoms with Crippen LogP contribution in [0.1, 0.15) is 32.8 Å². The fourth-order valence-corrected chi connectivity index (χ4v) is 1.74. The Balaban J connectivity index is 2.60. The lowest BCUT2D eigenvalue weighted by molar-refractivity contribution is -0.384. The summed E-state index contributed by atoms with van der Waals surface area (Å²) < 4.78 is 0. The lowest BCUT2D eigenvalue weighted by atomic mass is 10.1. The van der Waals surface area contributed by atoms with Gasteiger partial charge in [0.2, 0.25) is 5.91 Å². The molecule has 0 unspecified atom stereocenters. The number of amides is 1. The smallest absolute Gasteiger partial charge is 0.292 e. The molecule has 6 nitrogen and oxygen atoms in total. The Kier molecular flexibility index (Phi) is 5.07. The van der Waals surface area contributed by atoms with Gasteiger partial charge in [0, 0.05) is 24.6 Å². The van der Waals surface area contributed by atoms with Gasteiger partial charge in [-0.2, -0.15) is 0 Å². The van der Waals surface area contributed by atoms with Crippen LogP contribution in [0.4, 0.5) is 11.4 Å². The van der Waals surface area contributed by atoms with Crippen molar-refractivity contribution >= 4 is 17.3 Å². The van der Waals surface area contributed by atoms with Crippen LogP contribution in [0.2, 0.25) is 0 Å². The monoisotopic (exact) mass is 279 g/mol. The van der Waals surface area contributed by atoms with Crippen molar-refractivity contribution in [2.24, 2.45) is 0 Å². The van der Waals surface area contributed by atoms with Gasteiger partial charge >= 0.3 is 0 Å². The van der Waals surface area contributed by atoms with Crippen LogP contribution in [0.5, 0.6) is 0 Å².